The minimum atomic E-state index is -0.171. The summed E-state index contributed by atoms with van der Waals surface area (Å²) < 4.78 is 0. The van der Waals surface area contributed by atoms with Crippen LogP contribution in [0.2, 0.25) is 0 Å². The van der Waals surface area contributed by atoms with E-state index < -0.39 is 0 Å². The molecule has 1 N–H and O–H groups in total. The zero-order valence-corrected chi connectivity index (χ0v) is 12.8. The van der Waals surface area contributed by atoms with Gasteiger partial charge >= 0.3 is 0 Å². The first-order valence-corrected chi connectivity index (χ1v) is 8.51. The molecule has 1 aromatic heterocycles. The van der Waals surface area contributed by atoms with E-state index in [9.17, 15) is 9.59 Å². The van der Waals surface area contributed by atoms with Crippen LogP contribution in [0.3, 0.4) is 0 Å². The molecule has 1 unspecified atom stereocenters. The van der Waals surface area contributed by atoms with Crippen molar-refractivity contribution in [1.29, 1.82) is 0 Å². The number of carbonyl (C=O) groups is 2. The molecule has 0 aromatic carbocycles. The predicted octanol–water partition coefficient (Wildman–Crippen LogP) is 1.54. The zero-order chi connectivity index (χ0) is 14.4. The Bertz CT molecular complexity index is 474. The van der Waals surface area contributed by atoms with E-state index in [1.54, 1.807) is 28.0 Å². The monoisotopic (exact) mass is 310 g/mol. The number of amides is 2. The van der Waals surface area contributed by atoms with Crippen LogP contribution in [0.25, 0.3) is 0 Å². The summed E-state index contributed by atoms with van der Waals surface area (Å²) in [5, 5.41) is 6.90. The lowest BCUT2D eigenvalue weighted by atomic mass is 10.2. The first-order chi connectivity index (χ1) is 9.70. The molecule has 2 heterocycles. The van der Waals surface area contributed by atoms with Gasteiger partial charge in [-0.1, -0.05) is 6.58 Å². The normalized spacial score (nSPS) is 18.6. The average Bonchev–Trinajstić information content (AvgIpc) is 2.99. The SMILES string of the molecule is C=CC(=O)N1CCSC(C(=O)NCCc2ccsc2)C1. The summed E-state index contributed by atoms with van der Waals surface area (Å²) in [4.78, 5) is 25.3. The number of nitrogens with zero attached hydrogens (tertiary/aromatic N) is 1. The Morgan fingerprint density at radius 3 is 3.10 bits per heavy atom. The number of thioether (sulfide) groups is 1. The van der Waals surface area contributed by atoms with Crippen LogP contribution in [0.5, 0.6) is 0 Å². The summed E-state index contributed by atoms with van der Waals surface area (Å²) in [6, 6.07) is 2.07. The Kier molecular flexibility index (Phi) is 5.67. The van der Waals surface area contributed by atoms with Gasteiger partial charge in [-0.15, -0.1) is 11.8 Å². The fourth-order valence-corrected chi connectivity index (χ4v) is 3.85. The fourth-order valence-electron chi connectivity index (χ4n) is 2.02. The van der Waals surface area contributed by atoms with Crippen LogP contribution in [0.4, 0.5) is 0 Å². The molecule has 1 aliphatic rings. The van der Waals surface area contributed by atoms with E-state index in [0.717, 1.165) is 12.2 Å². The van der Waals surface area contributed by atoms with E-state index in [4.69, 9.17) is 0 Å². The summed E-state index contributed by atoms with van der Waals surface area (Å²) in [5.41, 5.74) is 1.25. The van der Waals surface area contributed by atoms with Gasteiger partial charge in [0.25, 0.3) is 0 Å². The first-order valence-electron chi connectivity index (χ1n) is 6.52. The number of rotatable bonds is 5. The second-order valence-corrected chi connectivity index (χ2v) is 6.61. The Labute approximate surface area is 127 Å². The Morgan fingerprint density at radius 1 is 1.55 bits per heavy atom. The molecule has 1 aliphatic heterocycles. The Hall–Kier alpha value is -1.27. The first kappa shape index (κ1) is 15.1. The highest BCUT2D eigenvalue weighted by molar-refractivity contribution is 8.00. The predicted molar refractivity (Wildman–Crippen MR) is 84.1 cm³/mol. The lowest BCUT2D eigenvalue weighted by Gasteiger charge is -2.30. The average molecular weight is 310 g/mol. The molecule has 4 nitrogen and oxygen atoms in total. The molecule has 0 radical (unpaired) electrons. The second kappa shape index (κ2) is 7.50. The van der Waals surface area contributed by atoms with Gasteiger partial charge in [0.05, 0.1) is 0 Å². The maximum Gasteiger partial charge on any atom is 0.246 e. The van der Waals surface area contributed by atoms with Crippen LogP contribution in [-0.2, 0) is 16.0 Å². The van der Waals surface area contributed by atoms with Crippen LogP contribution < -0.4 is 5.32 Å². The number of carbonyl (C=O) groups excluding carboxylic acids is 2. The highest BCUT2D eigenvalue weighted by Crippen LogP contribution is 2.19. The fraction of sp³-hybridized carbons (Fsp3) is 0.429. The van der Waals surface area contributed by atoms with E-state index in [-0.39, 0.29) is 17.1 Å². The summed E-state index contributed by atoms with van der Waals surface area (Å²) in [6.07, 6.45) is 2.16. The molecule has 20 heavy (non-hydrogen) atoms. The summed E-state index contributed by atoms with van der Waals surface area (Å²) >= 11 is 3.27. The Morgan fingerprint density at radius 2 is 2.40 bits per heavy atom. The molecule has 0 saturated carbocycles. The summed E-state index contributed by atoms with van der Waals surface area (Å²) in [6.45, 7) is 5.29. The number of hydrogen-bond donors (Lipinski definition) is 1. The lowest BCUT2D eigenvalue weighted by Crippen LogP contribution is -2.47. The van der Waals surface area contributed by atoms with Crippen LogP contribution in [0.1, 0.15) is 5.56 Å². The van der Waals surface area contributed by atoms with Crippen LogP contribution >= 0.6 is 23.1 Å². The van der Waals surface area contributed by atoms with E-state index in [1.807, 2.05) is 5.38 Å². The van der Waals surface area contributed by atoms with Gasteiger partial charge in [0.15, 0.2) is 0 Å². The van der Waals surface area contributed by atoms with Crippen molar-refractivity contribution < 1.29 is 9.59 Å². The largest absolute Gasteiger partial charge is 0.355 e. The van der Waals surface area contributed by atoms with Crippen molar-refractivity contribution in [1.82, 2.24) is 10.2 Å². The topological polar surface area (TPSA) is 49.4 Å². The molecular formula is C14H18N2O2S2. The molecule has 0 aliphatic carbocycles. The zero-order valence-electron chi connectivity index (χ0n) is 11.2. The van der Waals surface area contributed by atoms with Gasteiger partial charge in [-0.25, -0.2) is 0 Å². The highest BCUT2D eigenvalue weighted by atomic mass is 32.2. The minimum Gasteiger partial charge on any atom is -0.355 e. The van der Waals surface area contributed by atoms with E-state index in [0.29, 0.717) is 19.6 Å². The molecule has 1 aromatic rings. The molecule has 0 spiro atoms. The minimum absolute atomic E-state index is 0.0202. The third kappa shape index (κ3) is 4.11. The van der Waals surface area contributed by atoms with Gasteiger partial charge in [-0.2, -0.15) is 11.3 Å². The molecule has 0 bridgehead atoms. The molecule has 2 rings (SSSR count). The highest BCUT2D eigenvalue weighted by Gasteiger charge is 2.27. The molecule has 108 valence electrons. The van der Waals surface area contributed by atoms with Crippen molar-refractivity contribution in [2.45, 2.75) is 11.7 Å². The van der Waals surface area contributed by atoms with Crippen molar-refractivity contribution in [3.63, 3.8) is 0 Å². The quantitative estimate of drug-likeness (QED) is 0.839. The van der Waals surface area contributed by atoms with Crippen molar-refractivity contribution in [2.75, 3.05) is 25.4 Å². The molecular weight excluding hydrogens is 292 g/mol. The lowest BCUT2D eigenvalue weighted by molar-refractivity contribution is -0.127. The second-order valence-electron chi connectivity index (χ2n) is 4.52. The summed E-state index contributed by atoms with van der Waals surface area (Å²) in [5.74, 6) is 0.718. The van der Waals surface area contributed by atoms with Crippen LogP contribution in [0, 0.1) is 0 Å². The van der Waals surface area contributed by atoms with Gasteiger partial charge < -0.3 is 10.2 Å². The van der Waals surface area contributed by atoms with E-state index >= 15 is 0 Å². The van der Waals surface area contributed by atoms with Gasteiger partial charge in [-0.05, 0) is 34.9 Å². The van der Waals surface area contributed by atoms with Crippen molar-refractivity contribution in [3.05, 3.63) is 35.0 Å². The standard InChI is InChI=1S/C14H18N2O2S2/c1-2-13(17)16-6-8-20-12(9-16)14(18)15-5-3-11-4-7-19-10-11/h2,4,7,10,12H,1,3,5-6,8-9H2,(H,15,18). The van der Waals surface area contributed by atoms with E-state index in [1.165, 1.54) is 11.6 Å². The van der Waals surface area contributed by atoms with E-state index in [2.05, 4.69) is 23.3 Å². The van der Waals surface area contributed by atoms with Crippen LogP contribution in [-0.4, -0.2) is 47.4 Å². The van der Waals surface area contributed by atoms with Gasteiger partial charge in [0.1, 0.15) is 5.25 Å². The smallest absolute Gasteiger partial charge is 0.246 e. The van der Waals surface area contributed by atoms with Crippen molar-refractivity contribution in [3.8, 4) is 0 Å². The van der Waals surface area contributed by atoms with Crippen molar-refractivity contribution in [2.24, 2.45) is 0 Å². The third-order valence-corrected chi connectivity index (χ3v) is 5.05. The van der Waals surface area contributed by atoms with Gasteiger partial charge in [0, 0.05) is 25.4 Å². The molecule has 1 atom stereocenters. The Balaban J connectivity index is 1.76. The van der Waals surface area contributed by atoms with Gasteiger partial charge in [0.2, 0.25) is 11.8 Å². The summed E-state index contributed by atoms with van der Waals surface area (Å²) in [7, 11) is 0. The van der Waals surface area contributed by atoms with Crippen LogP contribution in [0.15, 0.2) is 29.5 Å². The third-order valence-electron chi connectivity index (χ3n) is 3.14. The molecule has 2 amide bonds. The number of hydrogen-bond acceptors (Lipinski definition) is 4. The van der Waals surface area contributed by atoms with Crippen molar-refractivity contribution >= 4 is 34.9 Å². The maximum atomic E-state index is 12.1. The molecule has 1 saturated heterocycles. The number of nitrogens with one attached hydrogen (secondary N) is 1. The maximum absolute atomic E-state index is 12.1. The molecule has 1 fully saturated rings. The number of thiophene rings is 1. The molecule has 6 heteroatoms. The van der Waals surface area contributed by atoms with Gasteiger partial charge in [-0.3, -0.25) is 9.59 Å².